The third kappa shape index (κ3) is 3.39. The lowest BCUT2D eigenvalue weighted by Gasteiger charge is -2.28. The molecule has 1 aliphatic rings. The highest BCUT2D eigenvalue weighted by atomic mass is 19.1. The Kier molecular flexibility index (Phi) is 5.17. The summed E-state index contributed by atoms with van der Waals surface area (Å²) >= 11 is 0. The van der Waals surface area contributed by atoms with E-state index in [2.05, 4.69) is 30.6 Å². The molecule has 1 aliphatic heterocycles. The van der Waals surface area contributed by atoms with Crippen molar-refractivity contribution < 1.29 is 4.39 Å². The third-order valence-corrected chi connectivity index (χ3v) is 4.17. The maximum absolute atomic E-state index is 13.4. The van der Waals surface area contributed by atoms with Crippen molar-refractivity contribution in [3.8, 4) is 11.8 Å². The fourth-order valence-electron chi connectivity index (χ4n) is 2.99. The van der Waals surface area contributed by atoms with Gasteiger partial charge in [-0.05, 0) is 43.9 Å². The van der Waals surface area contributed by atoms with Gasteiger partial charge in [-0.3, -0.25) is 4.90 Å². The summed E-state index contributed by atoms with van der Waals surface area (Å²) in [6.07, 6.45) is 3.65. The molecule has 2 unspecified atom stereocenters. The summed E-state index contributed by atoms with van der Waals surface area (Å²) in [5.74, 6) is 5.58. The van der Waals surface area contributed by atoms with E-state index in [9.17, 15) is 4.39 Å². The summed E-state index contributed by atoms with van der Waals surface area (Å²) in [6, 6.07) is 6.10. The van der Waals surface area contributed by atoms with Crippen LogP contribution in [0.15, 0.2) is 18.2 Å². The quantitative estimate of drug-likeness (QED) is 0.859. The summed E-state index contributed by atoms with van der Waals surface area (Å²) in [7, 11) is 0. The van der Waals surface area contributed by atoms with Crippen LogP contribution in [0.3, 0.4) is 0 Å². The molecule has 1 saturated heterocycles. The molecule has 1 aromatic rings. The first-order valence-corrected chi connectivity index (χ1v) is 7.38. The van der Waals surface area contributed by atoms with Crippen LogP contribution >= 0.6 is 0 Å². The van der Waals surface area contributed by atoms with E-state index >= 15 is 0 Å². The van der Waals surface area contributed by atoms with E-state index in [0.29, 0.717) is 18.6 Å². The van der Waals surface area contributed by atoms with E-state index in [1.54, 1.807) is 0 Å². The molecule has 1 heterocycles. The second kappa shape index (κ2) is 6.88. The van der Waals surface area contributed by atoms with E-state index in [0.717, 1.165) is 24.1 Å². The highest BCUT2D eigenvalue weighted by Gasteiger charge is 2.29. The van der Waals surface area contributed by atoms with Crippen molar-refractivity contribution >= 4 is 0 Å². The van der Waals surface area contributed by atoms with E-state index in [1.807, 2.05) is 6.07 Å². The first-order chi connectivity index (χ1) is 9.65. The molecule has 0 bridgehead atoms. The molecule has 2 N–H and O–H groups in total. The Balaban J connectivity index is 2.24. The first-order valence-electron chi connectivity index (χ1n) is 7.38. The molecule has 3 heteroatoms. The number of halogens is 1. The van der Waals surface area contributed by atoms with Gasteiger partial charge in [0.2, 0.25) is 0 Å². The number of nitrogens with two attached hydrogens (primary N) is 1. The Hall–Kier alpha value is -1.37. The van der Waals surface area contributed by atoms with Gasteiger partial charge < -0.3 is 5.73 Å². The topological polar surface area (TPSA) is 29.3 Å². The van der Waals surface area contributed by atoms with E-state index < -0.39 is 0 Å². The first kappa shape index (κ1) is 15.0. The average Bonchev–Trinajstić information content (AvgIpc) is 2.79. The zero-order valence-corrected chi connectivity index (χ0v) is 12.3. The Bertz CT molecular complexity index is 515. The van der Waals surface area contributed by atoms with Crippen molar-refractivity contribution in [2.75, 3.05) is 6.54 Å². The van der Waals surface area contributed by atoms with Crippen LogP contribution in [0.1, 0.15) is 44.2 Å². The lowest BCUT2D eigenvalue weighted by atomic mass is 10.1. The monoisotopic (exact) mass is 274 g/mol. The Morgan fingerprint density at radius 1 is 1.40 bits per heavy atom. The van der Waals surface area contributed by atoms with Gasteiger partial charge in [0, 0.05) is 24.2 Å². The summed E-state index contributed by atoms with van der Waals surface area (Å²) < 4.78 is 13.4. The smallest absolute Gasteiger partial charge is 0.124 e. The number of likely N-dealkylation sites (tertiary alicyclic amines) is 1. The van der Waals surface area contributed by atoms with Gasteiger partial charge in [0.1, 0.15) is 5.82 Å². The third-order valence-electron chi connectivity index (χ3n) is 4.17. The van der Waals surface area contributed by atoms with Crippen molar-refractivity contribution in [3.05, 3.63) is 35.1 Å². The maximum Gasteiger partial charge on any atom is 0.124 e. The summed E-state index contributed by atoms with van der Waals surface area (Å²) in [5.41, 5.74) is 7.28. The minimum atomic E-state index is -0.239. The molecule has 20 heavy (non-hydrogen) atoms. The van der Waals surface area contributed by atoms with Crippen LogP contribution in [0.5, 0.6) is 0 Å². The number of rotatable bonds is 3. The van der Waals surface area contributed by atoms with E-state index in [4.69, 9.17) is 5.73 Å². The predicted molar refractivity (Wildman–Crippen MR) is 80.7 cm³/mol. The van der Waals surface area contributed by atoms with Crippen LogP contribution in [-0.4, -0.2) is 23.5 Å². The molecular weight excluding hydrogens is 251 g/mol. The van der Waals surface area contributed by atoms with Gasteiger partial charge in [-0.15, -0.1) is 0 Å². The van der Waals surface area contributed by atoms with Crippen molar-refractivity contribution in [1.82, 2.24) is 4.90 Å². The minimum Gasteiger partial charge on any atom is -0.320 e. The van der Waals surface area contributed by atoms with Crippen LogP contribution in [-0.2, 0) is 6.54 Å². The molecule has 1 aromatic carbocycles. The Morgan fingerprint density at radius 2 is 2.20 bits per heavy atom. The second-order valence-electron chi connectivity index (χ2n) is 5.47. The molecule has 2 nitrogen and oxygen atoms in total. The Labute approximate surface area is 121 Å². The predicted octanol–water partition coefficient (Wildman–Crippen LogP) is 2.90. The van der Waals surface area contributed by atoms with E-state index in [-0.39, 0.29) is 5.82 Å². The fourth-order valence-corrected chi connectivity index (χ4v) is 2.99. The zero-order chi connectivity index (χ0) is 14.5. The zero-order valence-electron chi connectivity index (χ0n) is 12.3. The van der Waals surface area contributed by atoms with Crippen LogP contribution in [0, 0.1) is 17.7 Å². The maximum atomic E-state index is 13.4. The minimum absolute atomic E-state index is 0.239. The molecule has 108 valence electrons. The highest BCUT2D eigenvalue weighted by Crippen LogP contribution is 2.28. The van der Waals surface area contributed by atoms with Crippen LogP contribution in [0.4, 0.5) is 4.39 Å². The standard InChI is InChI=1S/C17H23FN2/c1-3-17-9-6-13(2)20(17)12-15-7-8-16(18)11-14(15)5-4-10-19/h7-8,11,13,17H,3,6,9-10,12,19H2,1-2H3. The largest absolute Gasteiger partial charge is 0.320 e. The molecule has 0 saturated carbocycles. The lowest BCUT2D eigenvalue weighted by Crippen LogP contribution is -2.33. The Morgan fingerprint density at radius 3 is 2.90 bits per heavy atom. The lowest BCUT2D eigenvalue weighted by molar-refractivity contribution is 0.189. The molecule has 0 aromatic heterocycles. The molecule has 2 atom stereocenters. The molecule has 0 radical (unpaired) electrons. The van der Waals surface area contributed by atoms with Crippen molar-refractivity contribution in [2.45, 2.75) is 51.7 Å². The van der Waals surface area contributed by atoms with Gasteiger partial charge in [0.25, 0.3) is 0 Å². The van der Waals surface area contributed by atoms with Crippen LogP contribution in [0.25, 0.3) is 0 Å². The molecule has 0 amide bonds. The van der Waals surface area contributed by atoms with Gasteiger partial charge in [0.05, 0.1) is 6.54 Å². The summed E-state index contributed by atoms with van der Waals surface area (Å²) in [4.78, 5) is 2.51. The van der Waals surface area contributed by atoms with Gasteiger partial charge in [-0.2, -0.15) is 0 Å². The van der Waals surface area contributed by atoms with Gasteiger partial charge in [-0.25, -0.2) is 4.39 Å². The van der Waals surface area contributed by atoms with Crippen LogP contribution in [0.2, 0.25) is 0 Å². The molecule has 0 spiro atoms. The number of hydrogen-bond donors (Lipinski definition) is 1. The molecule has 2 rings (SSSR count). The molecule has 1 fully saturated rings. The van der Waals surface area contributed by atoms with E-state index in [1.165, 1.54) is 25.0 Å². The van der Waals surface area contributed by atoms with Gasteiger partial charge in [0.15, 0.2) is 0 Å². The normalized spacial score (nSPS) is 22.6. The fraction of sp³-hybridized carbons (Fsp3) is 0.529. The highest BCUT2D eigenvalue weighted by molar-refractivity contribution is 5.42. The van der Waals surface area contributed by atoms with Crippen molar-refractivity contribution in [2.24, 2.45) is 5.73 Å². The number of nitrogens with zero attached hydrogens (tertiary/aromatic N) is 1. The average molecular weight is 274 g/mol. The summed E-state index contributed by atoms with van der Waals surface area (Å²) in [6.45, 7) is 5.64. The van der Waals surface area contributed by atoms with Crippen molar-refractivity contribution in [1.29, 1.82) is 0 Å². The summed E-state index contributed by atoms with van der Waals surface area (Å²) in [5, 5.41) is 0. The molecular formula is C17H23FN2. The molecule has 0 aliphatic carbocycles. The number of hydrogen-bond acceptors (Lipinski definition) is 2. The van der Waals surface area contributed by atoms with Gasteiger partial charge >= 0.3 is 0 Å². The van der Waals surface area contributed by atoms with Crippen molar-refractivity contribution in [3.63, 3.8) is 0 Å². The van der Waals surface area contributed by atoms with Gasteiger partial charge in [-0.1, -0.05) is 24.8 Å². The SMILES string of the molecule is CCC1CCC(C)N1Cc1ccc(F)cc1C#CCN. The second-order valence-corrected chi connectivity index (χ2v) is 5.47. The number of benzene rings is 1. The van der Waals surface area contributed by atoms with Crippen LogP contribution < -0.4 is 5.73 Å².